The van der Waals surface area contributed by atoms with Crippen molar-refractivity contribution >= 4 is 17.7 Å². The zero-order valence-electron chi connectivity index (χ0n) is 14.3. The molecule has 1 amide bonds. The van der Waals surface area contributed by atoms with Gasteiger partial charge in [-0.25, -0.2) is 9.18 Å². The first-order chi connectivity index (χ1) is 11.3. The SMILES string of the molecule is CC(/C(=C/Cl)CNC(=O)OC(C)(C)C)c1cc(F)cc(C(F)(F)F)c1. The lowest BCUT2D eigenvalue weighted by atomic mass is 9.92. The Labute approximate surface area is 149 Å². The Morgan fingerprint density at radius 1 is 1.28 bits per heavy atom. The highest BCUT2D eigenvalue weighted by Gasteiger charge is 2.32. The van der Waals surface area contributed by atoms with Crippen LogP contribution < -0.4 is 5.32 Å². The molecule has 0 heterocycles. The minimum atomic E-state index is -4.66. The van der Waals surface area contributed by atoms with E-state index in [1.807, 2.05) is 0 Å². The van der Waals surface area contributed by atoms with E-state index >= 15 is 0 Å². The van der Waals surface area contributed by atoms with Crippen LogP contribution in [0.25, 0.3) is 0 Å². The van der Waals surface area contributed by atoms with Gasteiger partial charge in [-0.05, 0) is 50.1 Å². The minimum absolute atomic E-state index is 0.0442. The molecule has 0 aliphatic rings. The van der Waals surface area contributed by atoms with E-state index in [0.717, 1.165) is 17.7 Å². The van der Waals surface area contributed by atoms with Gasteiger partial charge in [-0.15, -0.1) is 0 Å². The molecule has 25 heavy (non-hydrogen) atoms. The molecule has 1 aromatic carbocycles. The molecule has 0 radical (unpaired) electrons. The zero-order valence-corrected chi connectivity index (χ0v) is 15.1. The molecule has 0 bridgehead atoms. The normalized spacial score (nSPS) is 14.2. The summed E-state index contributed by atoms with van der Waals surface area (Å²) in [7, 11) is 0. The van der Waals surface area contributed by atoms with E-state index in [4.69, 9.17) is 16.3 Å². The number of amides is 1. The van der Waals surface area contributed by atoms with Crippen molar-refractivity contribution in [3.8, 4) is 0 Å². The van der Waals surface area contributed by atoms with Crippen molar-refractivity contribution in [2.75, 3.05) is 6.54 Å². The van der Waals surface area contributed by atoms with Gasteiger partial charge in [-0.3, -0.25) is 0 Å². The molecule has 0 saturated heterocycles. The van der Waals surface area contributed by atoms with E-state index in [1.165, 1.54) is 0 Å². The third kappa shape index (κ3) is 6.94. The average molecular weight is 382 g/mol. The van der Waals surface area contributed by atoms with Gasteiger partial charge < -0.3 is 10.1 Å². The number of alkyl halides is 3. The summed E-state index contributed by atoms with van der Waals surface area (Å²) in [4.78, 5) is 11.7. The topological polar surface area (TPSA) is 38.3 Å². The van der Waals surface area contributed by atoms with Crippen molar-refractivity contribution in [1.29, 1.82) is 0 Å². The maximum atomic E-state index is 13.5. The van der Waals surface area contributed by atoms with Crippen LogP contribution in [0.4, 0.5) is 22.4 Å². The van der Waals surface area contributed by atoms with Crippen molar-refractivity contribution in [3.63, 3.8) is 0 Å². The molecule has 0 fully saturated rings. The number of alkyl carbamates (subject to hydrolysis) is 1. The summed E-state index contributed by atoms with van der Waals surface area (Å²) in [5.41, 5.74) is -0.106. The zero-order chi connectivity index (χ0) is 19.4. The fraction of sp³-hybridized carbons (Fsp3) is 0.471. The summed E-state index contributed by atoms with van der Waals surface area (Å²) in [5.74, 6) is -1.63. The van der Waals surface area contributed by atoms with Crippen LogP contribution in [0.1, 0.15) is 44.7 Å². The Morgan fingerprint density at radius 3 is 2.36 bits per heavy atom. The third-order valence-electron chi connectivity index (χ3n) is 3.28. The van der Waals surface area contributed by atoms with Crippen molar-refractivity contribution in [3.05, 3.63) is 46.3 Å². The lowest BCUT2D eigenvalue weighted by Crippen LogP contribution is -2.34. The molecule has 0 aliphatic heterocycles. The largest absolute Gasteiger partial charge is 0.444 e. The van der Waals surface area contributed by atoms with Gasteiger partial charge in [0.15, 0.2) is 0 Å². The Balaban J connectivity index is 2.91. The summed E-state index contributed by atoms with van der Waals surface area (Å²) < 4.78 is 57.1. The van der Waals surface area contributed by atoms with Gasteiger partial charge >= 0.3 is 12.3 Å². The number of nitrogens with one attached hydrogen (secondary N) is 1. The highest BCUT2D eigenvalue weighted by Crippen LogP contribution is 2.33. The first kappa shape index (κ1) is 21.3. The molecule has 3 nitrogen and oxygen atoms in total. The van der Waals surface area contributed by atoms with Gasteiger partial charge in [0.1, 0.15) is 11.4 Å². The first-order valence-electron chi connectivity index (χ1n) is 7.47. The first-order valence-corrected chi connectivity index (χ1v) is 7.91. The second-order valence-corrected chi connectivity index (χ2v) is 6.75. The van der Waals surface area contributed by atoms with Crippen LogP contribution in [-0.4, -0.2) is 18.2 Å². The lowest BCUT2D eigenvalue weighted by molar-refractivity contribution is -0.137. The number of ether oxygens (including phenoxy) is 1. The van der Waals surface area contributed by atoms with Gasteiger partial charge in [0.05, 0.1) is 5.56 Å². The van der Waals surface area contributed by atoms with E-state index < -0.39 is 35.2 Å². The monoisotopic (exact) mass is 381 g/mol. The van der Waals surface area contributed by atoms with Gasteiger partial charge in [-0.1, -0.05) is 18.5 Å². The van der Waals surface area contributed by atoms with Crippen molar-refractivity contribution in [1.82, 2.24) is 5.32 Å². The lowest BCUT2D eigenvalue weighted by Gasteiger charge is -2.21. The molecular weight excluding hydrogens is 362 g/mol. The Bertz CT molecular complexity index is 651. The Kier molecular flexibility index (Phi) is 6.88. The molecule has 140 valence electrons. The van der Waals surface area contributed by atoms with Crippen molar-refractivity contribution in [2.45, 2.75) is 45.4 Å². The predicted octanol–water partition coefficient (Wildman–Crippen LogP) is 5.60. The number of carbonyl (C=O) groups is 1. The van der Waals surface area contributed by atoms with Crippen LogP contribution in [0, 0.1) is 5.82 Å². The van der Waals surface area contributed by atoms with Crippen LogP contribution in [0.15, 0.2) is 29.3 Å². The van der Waals surface area contributed by atoms with E-state index in [2.05, 4.69) is 5.32 Å². The number of hydrogen-bond donors (Lipinski definition) is 1. The van der Waals surface area contributed by atoms with Gasteiger partial charge in [0, 0.05) is 18.0 Å². The maximum Gasteiger partial charge on any atom is 0.416 e. The maximum absolute atomic E-state index is 13.5. The molecule has 1 N–H and O–H groups in total. The van der Waals surface area contributed by atoms with E-state index in [-0.39, 0.29) is 12.1 Å². The van der Waals surface area contributed by atoms with Crippen molar-refractivity contribution in [2.24, 2.45) is 0 Å². The van der Waals surface area contributed by atoms with Crippen LogP contribution in [0.3, 0.4) is 0 Å². The molecular formula is C17H20ClF4NO2. The van der Waals surface area contributed by atoms with Crippen LogP contribution >= 0.6 is 11.6 Å². The standard InChI is InChI=1S/C17H20ClF4NO2/c1-10(11-5-13(17(20,21)22)7-14(19)6-11)12(8-18)9-23-15(24)25-16(2,3)4/h5-8,10H,9H2,1-4H3,(H,23,24)/b12-8+. The molecule has 0 spiro atoms. The molecule has 1 atom stereocenters. The molecule has 0 aromatic heterocycles. The molecule has 1 rings (SSSR count). The highest BCUT2D eigenvalue weighted by molar-refractivity contribution is 6.25. The van der Waals surface area contributed by atoms with Crippen LogP contribution in [-0.2, 0) is 10.9 Å². The number of carbonyl (C=O) groups excluding carboxylic acids is 1. The average Bonchev–Trinajstić information content (AvgIpc) is 2.44. The number of benzene rings is 1. The highest BCUT2D eigenvalue weighted by atomic mass is 35.5. The van der Waals surface area contributed by atoms with Gasteiger partial charge in [-0.2, -0.15) is 13.2 Å². The third-order valence-corrected chi connectivity index (χ3v) is 3.56. The summed E-state index contributed by atoms with van der Waals surface area (Å²) in [5, 5.41) is 2.47. The quantitative estimate of drug-likeness (QED) is 0.690. The molecule has 0 aliphatic carbocycles. The molecule has 1 aromatic rings. The Morgan fingerprint density at radius 2 is 1.88 bits per heavy atom. The number of halogens is 5. The van der Waals surface area contributed by atoms with E-state index in [1.54, 1.807) is 27.7 Å². The molecule has 1 unspecified atom stereocenters. The van der Waals surface area contributed by atoms with E-state index in [9.17, 15) is 22.4 Å². The van der Waals surface area contributed by atoms with Crippen LogP contribution in [0.5, 0.6) is 0 Å². The smallest absolute Gasteiger partial charge is 0.416 e. The predicted molar refractivity (Wildman–Crippen MR) is 88.0 cm³/mol. The second kappa shape index (κ2) is 8.08. The van der Waals surface area contributed by atoms with Crippen molar-refractivity contribution < 1.29 is 27.1 Å². The van der Waals surface area contributed by atoms with E-state index in [0.29, 0.717) is 11.6 Å². The molecule has 8 heteroatoms. The fourth-order valence-corrected chi connectivity index (χ4v) is 2.28. The Hall–Kier alpha value is -1.76. The summed E-state index contributed by atoms with van der Waals surface area (Å²) >= 11 is 5.73. The number of rotatable bonds is 4. The molecule has 0 saturated carbocycles. The number of hydrogen-bond acceptors (Lipinski definition) is 2. The fourth-order valence-electron chi connectivity index (χ4n) is 2.01. The summed E-state index contributed by atoms with van der Waals surface area (Å²) in [6.45, 7) is 6.61. The second-order valence-electron chi connectivity index (χ2n) is 6.53. The van der Waals surface area contributed by atoms with Gasteiger partial charge in [0.25, 0.3) is 0 Å². The summed E-state index contributed by atoms with van der Waals surface area (Å²) in [6.07, 6.45) is -5.35. The minimum Gasteiger partial charge on any atom is -0.444 e. The summed E-state index contributed by atoms with van der Waals surface area (Å²) in [6, 6.07) is 2.30. The van der Waals surface area contributed by atoms with Crippen LogP contribution in [0.2, 0.25) is 0 Å². The van der Waals surface area contributed by atoms with Gasteiger partial charge in [0.2, 0.25) is 0 Å².